The lowest BCUT2D eigenvalue weighted by atomic mass is 10.0. The molecule has 1 N–H and O–H groups in total. The molecule has 88 valence electrons. The first-order chi connectivity index (χ1) is 8.22. The molecule has 3 heteroatoms. The fraction of sp³-hybridized carbons (Fsp3) is 0.214. The van der Waals surface area contributed by atoms with Gasteiger partial charge in [0.1, 0.15) is 5.82 Å². The van der Waals surface area contributed by atoms with Crippen LogP contribution in [0.2, 0.25) is 0 Å². The van der Waals surface area contributed by atoms with E-state index < -0.39 is 0 Å². The van der Waals surface area contributed by atoms with E-state index >= 15 is 0 Å². The van der Waals surface area contributed by atoms with Crippen molar-refractivity contribution in [2.45, 2.75) is 13.0 Å². The Kier molecular flexibility index (Phi) is 3.49. The summed E-state index contributed by atoms with van der Waals surface area (Å²) < 4.78 is 13.2. The van der Waals surface area contributed by atoms with Crippen LogP contribution in [0.4, 0.5) is 4.39 Å². The molecule has 0 radical (unpaired) electrons. The SMILES string of the molecule is CNC(c1ccc(F)c(C)c1)c1ccccn1. The van der Waals surface area contributed by atoms with Crippen molar-refractivity contribution in [3.05, 3.63) is 65.2 Å². The highest BCUT2D eigenvalue weighted by Crippen LogP contribution is 2.21. The molecule has 2 nitrogen and oxygen atoms in total. The molecule has 1 aromatic carbocycles. The monoisotopic (exact) mass is 230 g/mol. The second kappa shape index (κ2) is 5.06. The number of aromatic nitrogens is 1. The number of rotatable bonds is 3. The lowest BCUT2D eigenvalue weighted by Crippen LogP contribution is -2.18. The van der Waals surface area contributed by atoms with Gasteiger partial charge in [0.05, 0.1) is 11.7 Å². The van der Waals surface area contributed by atoms with E-state index in [1.54, 1.807) is 19.2 Å². The lowest BCUT2D eigenvalue weighted by Gasteiger charge is -2.16. The van der Waals surface area contributed by atoms with Crippen molar-refractivity contribution >= 4 is 0 Å². The first kappa shape index (κ1) is 11.7. The van der Waals surface area contributed by atoms with Crippen LogP contribution in [0, 0.1) is 12.7 Å². The normalized spacial score (nSPS) is 12.4. The second-order valence-electron chi connectivity index (χ2n) is 3.98. The molecule has 2 aromatic rings. The summed E-state index contributed by atoms with van der Waals surface area (Å²) in [7, 11) is 1.87. The maximum absolute atomic E-state index is 13.2. The van der Waals surface area contributed by atoms with Crippen molar-refractivity contribution in [2.24, 2.45) is 0 Å². The Labute approximate surface area is 101 Å². The van der Waals surface area contributed by atoms with Gasteiger partial charge in [-0.2, -0.15) is 0 Å². The fourth-order valence-electron chi connectivity index (χ4n) is 1.88. The maximum Gasteiger partial charge on any atom is 0.126 e. The maximum atomic E-state index is 13.2. The first-order valence-corrected chi connectivity index (χ1v) is 5.56. The third kappa shape index (κ3) is 2.50. The van der Waals surface area contributed by atoms with Crippen LogP contribution in [0.1, 0.15) is 22.9 Å². The van der Waals surface area contributed by atoms with Gasteiger partial charge in [-0.1, -0.05) is 18.2 Å². The number of halogens is 1. The summed E-state index contributed by atoms with van der Waals surface area (Å²) in [5, 5.41) is 3.20. The summed E-state index contributed by atoms with van der Waals surface area (Å²) in [6.45, 7) is 1.77. The van der Waals surface area contributed by atoms with Crippen molar-refractivity contribution in [3.8, 4) is 0 Å². The number of nitrogens with one attached hydrogen (secondary N) is 1. The molecule has 1 aromatic heterocycles. The van der Waals surface area contributed by atoms with Gasteiger partial charge in [-0.15, -0.1) is 0 Å². The first-order valence-electron chi connectivity index (χ1n) is 5.56. The van der Waals surface area contributed by atoms with Crippen LogP contribution in [-0.4, -0.2) is 12.0 Å². The van der Waals surface area contributed by atoms with Gasteiger partial charge < -0.3 is 5.32 Å². The fourth-order valence-corrected chi connectivity index (χ4v) is 1.88. The van der Waals surface area contributed by atoms with E-state index in [0.717, 1.165) is 11.3 Å². The van der Waals surface area contributed by atoms with Crippen LogP contribution in [0.3, 0.4) is 0 Å². The number of hydrogen-bond donors (Lipinski definition) is 1. The molecule has 0 aliphatic heterocycles. The molecule has 0 spiro atoms. The summed E-state index contributed by atoms with van der Waals surface area (Å²) in [5.74, 6) is -0.176. The van der Waals surface area contributed by atoms with E-state index in [2.05, 4.69) is 10.3 Å². The van der Waals surface area contributed by atoms with Gasteiger partial charge in [-0.05, 0) is 43.3 Å². The van der Waals surface area contributed by atoms with Crippen LogP contribution >= 0.6 is 0 Å². The van der Waals surface area contributed by atoms with E-state index in [1.165, 1.54) is 6.07 Å². The molecule has 0 fully saturated rings. The molecule has 0 bridgehead atoms. The molecule has 1 unspecified atom stereocenters. The van der Waals surface area contributed by atoms with Crippen LogP contribution in [-0.2, 0) is 0 Å². The number of hydrogen-bond acceptors (Lipinski definition) is 2. The van der Waals surface area contributed by atoms with E-state index in [9.17, 15) is 4.39 Å². The Balaban J connectivity index is 2.39. The lowest BCUT2D eigenvalue weighted by molar-refractivity contribution is 0.612. The Morgan fingerprint density at radius 1 is 1.24 bits per heavy atom. The van der Waals surface area contributed by atoms with Crippen LogP contribution in [0.15, 0.2) is 42.6 Å². The summed E-state index contributed by atoms with van der Waals surface area (Å²) >= 11 is 0. The number of nitrogens with zero attached hydrogens (tertiary/aromatic N) is 1. The van der Waals surface area contributed by atoms with Crippen molar-refractivity contribution in [1.82, 2.24) is 10.3 Å². The zero-order valence-corrected chi connectivity index (χ0v) is 9.94. The highest BCUT2D eigenvalue weighted by molar-refractivity contribution is 5.31. The number of aryl methyl sites for hydroxylation is 1. The summed E-state index contributed by atoms with van der Waals surface area (Å²) in [6, 6.07) is 10.9. The number of pyridine rings is 1. The highest BCUT2D eigenvalue weighted by atomic mass is 19.1. The van der Waals surface area contributed by atoms with Gasteiger partial charge >= 0.3 is 0 Å². The van der Waals surface area contributed by atoms with E-state index in [4.69, 9.17) is 0 Å². The Hall–Kier alpha value is -1.74. The predicted molar refractivity (Wildman–Crippen MR) is 66.3 cm³/mol. The minimum absolute atomic E-state index is 0.00417. The van der Waals surface area contributed by atoms with Crippen LogP contribution in [0.25, 0.3) is 0 Å². The zero-order chi connectivity index (χ0) is 12.3. The third-order valence-corrected chi connectivity index (χ3v) is 2.79. The average molecular weight is 230 g/mol. The topological polar surface area (TPSA) is 24.9 Å². The summed E-state index contributed by atoms with van der Waals surface area (Å²) in [5.41, 5.74) is 2.60. The molecular formula is C14H15FN2. The molecule has 0 amide bonds. The molecule has 2 rings (SSSR count). The average Bonchev–Trinajstić information content (AvgIpc) is 2.36. The van der Waals surface area contributed by atoms with Crippen LogP contribution in [0.5, 0.6) is 0 Å². The van der Waals surface area contributed by atoms with Crippen LogP contribution < -0.4 is 5.32 Å². The van der Waals surface area contributed by atoms with Gasteiger partial charge in [0.25, 0.3) is 0 Å². The Morgan fingerprint density at radius 2 is 2.06 bits per heavy atom. The van der Waals surface area contributed by atoms with Gasteiger partial charge in [0.15, 0.2) is 0 Å². The molecule has 0 saturated carbocycles. The molecule has 0 aliphatic rings. The van der Waals surface area contributed by atoms with Crippen molar-refractivity contribution in [2.75, 3.05) is 7.05 Å². The van der Waals surface area contributed by atoms with Crippen molar-refractivity contribution in [1.29, 1.82) is 0 Å². The quantitative estimate of drug-likeness (QED) is 0.877. The van der Waals surface area contributed by atoms with E-state index in [1.807, 2.05) is 31.3 Å². The summed E-state index contributed by atoms with van der Waals surface area (Å²) in [4.78, 5) is 4.32. The standard InChI is InChI=1S/C14H15FN2/c1-10-9-11(6-7-12(10)15)14(16-2)13-5-3-4-8-17-13/h3-9,14,16H,1-2H3. The molecular weight excluding hydrogens is 215 g/mol. The van der Waals surface area contributed by atoms with Gasteiger partial charge in [0.2, 0.25) is 0 Å². The minimum Gasteiger partial charge on any atom is -0.308 e. The number of benzene rings is 1. The zero-order valence-electron chi connectivity index (χ0n) is 9.94. The second-order valence-corrected chi connectivity index (χ2v) is 3.98. The highest BCUT2D eigenvalue weighted by Gasteiger charge is 2.13. The van der Waals surface area contributed by atoms with E-state index in [0.29, 0.717) is 5.56 Å². The Morgan fingerprint density at radius 3 is 2.65 bits per heavy atom. The largest absolute Gasteiger partial charge is 0.308 e. The van der Waals surface area contributed by atoms with Crippen molar-refractivity contribution in [3.63, 3.8) is 0 Å². The smallest absolute Gasteiger partial charge is 0.126 e. The Bertz CT molecular complexity index is 497. The molecule has 0 saturated heterocycles. The predicted octanol–water partition coefficient (Wildman–Crippen LogP) is 2.84. The minimum atomic E-state index is -0.176. The molecule has 17 heavy (non-hydrogen) atoms. The van der Waals surface area contributed by atoms with Gasteiger partial charge in [-0.25, -0.2) is 4.39 Å². The molecule has 1 heterocycles. The summed E-state index contributed by atoms with van der Waals surface area (Å²) in [6.07, 6.45) is 1.76. The van der Waals surface area contributed by atoms with Crippen molar-refractivity contribution < 1.29 is 4.39 Å². The molecule has 0 aliphatic carbocycles. The van der Waals surface area contributed by atoms with Gasteiger partial charge in [-0.3, -0.25) is 4.98 Å². The third-order valence-electron chi connectivity index (χ3n) is 2.79. The van der Waals surface area contributed by atoms with E-state index in [-0.39, 0.29) is 11.9 Å². The molecule has 1 atom stereocenters. The van der Waals surface area contributed by atoms with Gasteiger partial charge in [0, 0.05) is 6.20 Å².